The van der Waals surface area contributed by atoms with Gasteiger partial charge in [0.1, 0.15) is 17.2 Å². The molecule has 0 saturated carbocycles. The van der Waals surface area contributed by atoms with Crippen molar-refractivity contribution in [2.75, 3.05) is 26.2 Å². The van der Waals surface area contributed by atoms with E-state index in [0.717, 1.165) is 11.1 Å². The molecule has 1 aromatic carbocycles. The van der Waals surface area contributed by atoms with E-state index < -0.39 is 17.7 Å². The monoisotopic (exact) mass is 507 g/mol. The van der Waals surface area contributed by atoms with E-state index in [2.05, 4.69) is 9.97 Å². The number of ether oxygens (including phenoxy) is 4. The molecule has 0 atom stereocenters. The van der Waals surface area contributed by atoms with E-state index in [4.69, 9.17) is 18.9 Å². The molecule has 1 amide bonds. The van der Waals surface area contributed by atoms with Gasteiger partial charge >= 0.3 is 12.1 Å². The number of aryl methyl sites for hydroxylation is 1. The van der Waals surface area contributed by atoms with E-state index in [1.54, 1.807) is 64.4 Å². The molecule has 2 aromatic heterocycles. The first-order valence-electron chi connectivity index (χ1n) is 11.7. The molecule has 0 radical (unpaired) electrons. The summed E-state index contributed by atoms with van der Waals surface area (Å²) in [6.45, 7) is 9.23. The van der Waals surface area contributed by atoms with Gasteiger partial charge in [0.15, 0.2) is 0 Å². The Morgan fingerprint density at radius 1 is 1.00 bits per heavy atom. The maximum absolute atomic E-state index is 13.5. The zero-order chi connectivity index (χ0) is 27.3. The van der Waals surface area contributed by atoms with Gasteiger partial charge in [-0.1, -0.05) is 18.2 Å². The fourth-order valence-corrected chi connectivity index (χ4v) is 3.85. The van der Waals surface area contributed by atoms with Crippen molar-refractivity contribution in [3.8, 4) is 22.8 Å². The van der Waals surface area contributed by atoms with Crippen LogP contribution in [0.25, 0.3) is 11.1 Å². The molecule has 0 unspecified atom stereocenters. The molecule has 2 heterocycles. The molecule has 196 valence electrons. The van der Waals surface area contributed by atoms with E-state index in [0.29, 0.717) is 28.1 Å². The Labute approximate surface area is 217 Å². The van der Waals surface area contributed by atoms with Crippen LogP contribution >= 0.6 is 0 Å². The molecule has 3 rings (SSSR count). The molecule has 9 heteroatoms. The summed E-state index contributed by atoms with van der Waals surface area (Å²) in [4.78, 5) is 36.4. The van der Waals surface area contributed by atoms with Crippen molar-refractivity contribution in [1.29, 1.82) is 0 Å². The summed E-state index contributed by atoms with van der Waals surface area (Å²) in [5, 5.41) is 0. The van der Waals surface area contributed by atoms with Gasteiger partial charge in [0.25, 0.3) is 0 Å². The van der Waals surface area contributed by atoms with Crippen LogP contribution in [0.2, 0.25) is 0 Å². The van der Waals surface area contributed by atoms with E-state index in [1.165, 1.54) is 19.1 Å². The Morgan fingerprint density at radius 2 is 1.70 bits per heavy atom. The van der Waals surface area contributed by atoms with Crippen LogP contribution in [0.1, 0.15) is 48.0 Å². The molecule has 0 N–H and O–H groups in total. The van der Waals surface area contributed by atoms with Gasteiger partial charge in [-0.2, -0.15) is 4.98 Å². The van der Waals surface area contributed by atoms with Crippen molar-refractivity contribution in [2.24, 2.45) is 0 Å². The molecule has 0 aliphatic carbocycles. The van der Waals surface area contributed by atoms with Crippen LogP contribution in [0.5, 0.6) is 11.6 Å². The summed E-state index contributed by atoms with van der Waals surface area (Å²) in [6.07, 6.45) is 1.09. The number of methoxy groups -OCH3 is 3. The third-order valence-corrected chi connectivity index (χ3v) is 5.59. The van der Waals surface area contributed by atoms with E-state index in [-0.39, 0.29) is 18.2 Å². The lowest BCUT2D eigenvalue weighted by Gasteiger charge is -2.28. The minimum atomic E-state index is -0.748. The number of nitrogens with zero attached hydrogens (tertiary/aromatic N) is 3. The Hall–Kier alpha value is -4.14. The standard InChI is InChI=1S/C28H33N3O6/c1-17-15-29-22(18(2)25(17)35-7)16-31(27(33)37-28(3,4)5)23-13-19(14-24(30-23)34-6)20-11-9-10-12-21(20)26(32)36-8/h9-15H,16H2,1-8H3. The van der Waals surface area contributed by atoms with Gasteiger partial charge in [-0.25, -0.2) is 9.59 Å². The van der Waals surface area contributed by atoms with E-state index in [1.807, 2.05) is 19.9 Å². The van der Waals surface area contributed by atoms with Crippen molar-refractivity contribution in [3.63, 3.8) is 0 Å². The summed E-state index contributed by atoms with van der Waals surface area (Å²) in [6, 6.07) is 10.4. The number of benzene rings is 1. The fraction of sp³-hybridized carbons (Fsp3) is 0.357. The van der Waals surface area contributed by atoms with Crippen LogP contribution in [0, 0.1) is 13.8 Å². The van der Waals surface area contributed by atoms with Gasteiger partial charge in [0.2, 0.25) is 5.88 Å². The molecule has 0 aliphatic heterocycles. The second-order valence-electron chi connectivity index (χ2n) is 9.41. The fourth-order valence-electron chi connectivity index (χ4n) is 3.85. The number of pyridine rings is 2. The molecule has 0 bridgehead atoms. The maximum Gasteiger partial charge on any atom is 0.416 e. The Balaban J connectivity index is 2.19. The number of amides is 1. The molecule has 0 aliphatic rings. The smallest absolute Gasteiger partial charge is 0.416 e. The maximum atomic E-state index is 13.5. The normalized spacial score (nSPS) is 11.0. The number of aromatic nitrogens is 2. The lowest BCUT2D eigenvalue weighted by molar-refractivity contribution is 0.0572. The van der Waals surface area contributed by atoms with Crippen LogP contribution in [0.4, 0.5) is 10.6 Å². The summed E-state index contributed by atoms with van der Waals surface area (Å²) >= 11 is 0. The van der Waals surface area contributed by atoms with Crippen molar-refractivity contribution in [2.45, 2.75) is 46.8 Å². The zero-order valence-electron chi connectivity index (χ0n) is 22.5. The first-order valence-corrected chi connectivity index (χ1v) is 11.7. The number of rotatable bonds is 7. The number of carbonyl (C=O) groups is 2. The quantitative estimate of drug-likeness (QED) is 0.386. The Kier molecular flexibility index (Phi) is 8.37. The largest absolute Gasteiger partial charge is 0.496 e. The molecule has 0 saturated heterocycles. The highest BCUT2D eigenvalue weighted by Crippen LogP contribution is 2.32. The van der Waals surface area contributed by atoms with Gasteiger partial charge in [0, 0.05) is 23.4 Å². The highest BCUT2D eigenvalue weighted by molar-refractivity contribution is 5.98. The first kappa shape index (κ1) is 27.4. The number of anilines is 1. The summed E-state index contributed by atoms with van der Waals surface area (Å²) < 4.78 is 21.7. The predicted molar refractivity (Wildman–Crippen MR) is 140 cm³/mol. The van der Waals surface area contributed by atoms with Crippen LogP contribution < -0.4 is 14.4 Å². The van der Waals surface area contributed by atoms with E-state index in [9.17, 15) is 9.59 Å². The summed E-state index contributed by atoms with van der Waals surface area (Å²) in [7, 11) is 4.41. The van der Waals surface area contributed by atoms with E-state index >= 15 is 0 Å². The highest BCUT2D eigenvalue weighted by Gasteiger charge is 2.27. The Bertz CT molecular complexity index is 1300. The predicted octanol–water partition coefficient (Wildman–Crippen LogP) is 5.51. The molecule has 37 heavy (non-hydrogen) atoms. The highest BCUT2D eigenvalue weighted by atomic mass is 16.6. The lowest BCUT2D eigenvalue weighted by atomic mass is 10.00. The van der Waals surface area contributed by atoms with Crippen molar-refractivity contribution < 1.29 is 28.5 Å². The third kappa shape index (κ3) is 6.35. The van der Waals surface area contributed by atoms with Crippen molar-refractivity contribution >= 4 is 17.9 Å². The van der Waals surface area contributed by atoms with Crippen LogP contribution in [0.15, 0.2) is 42.6 Å². The number of esters is 1. The molecular formula is C28H33N3O6. The zero-order valence-corrected chi connectivity index (χ0v) is 22.5. The first-order chi connectivity index (χ1) is 17.5. The SMILES string of the molecule is COC(=O)c1ccccc1-c1cc(OC)nc(N(Cc2ncc(C)c(OC)c2C)C(=O)OC(C)(C)C)c1. The van der Waals surface area contributed by atoms with Gasteiger partial charge in [0.05, 0.1) is 39.1 Å². The average molecular weight is 508 g/mol. The van der Waals surface area contributed by atoms with Crippen molar-refractivity contribution in [1.82, 2.24) is 9.97 Å². The van der Waals surface area contributed by atoms with Gasteiger partial charge in [-0.05, 0) is 57.9 Å². The molecule has 0 fully saturated rings. The average Bonchev–Trinajstić information content (AvgIpc) is 2.86. The van der Waals surface area contributed by atoms with Gasteiger partial charge < -0.3 is 18.9 Å². The molecule has 3 aromatic rings. The molecule has 9 nitrogen and oxygen atoms in total. The number of carbonyl (C=O) groups excluding carboxylic acids is 2. The van der Waals surface area contributed by atoms with Gasteiger partial charge in [-0.3, -0.25) is 9.88 Å². The lowest BCUT2D eigenvalue weighted by Crippen LogP contribution is -2.37. The summed E-state index contributed by atoms with van der Waals surface area (Å²) in [5.74, 6) is 0.736. The Morgan fingerprint density at radius 3 is 2.32 bits per heavy atom. The topological polar surface area (TPSA) is 100 Å². The minimum absolute atomic E-state index is 0.0651. The van der Waals surface area contributed by atoms with Crippen molar-refractivity contribution in [3.05, 3.63) is 65.0 Å². The third-order valence-electron chi connectivity index (χ3n) is 5.59. The number of hydrogen-bond acceptors (Lipinski definition) is 8. The molecular weight excluding hydrogens is 474 g/mol. The number of hydrogen-bond donors (Lipinski definition) is 0. The van der Waals surface area contributed by atoms with Crippen LogP contribution in [-0.4, -0.2) is 49.0 Å². The second-order valence-corrected chi connectivity index (χ2v) is 9.41. The molecule has 0 spiro atoms. The van der Waals surface area contributed by atoms with Gasteiger partial charge in [-0.15, -0.1) is 0 Å². The second kappa shape index (κ2) is 11.3. The van der Waals surface area contributed by atoms with Crippen LogP contribution in [0.3, 0.4) is 0 Å². The summed E-state index contributed by atoms with van der Waals surface area (Å²) in [5.41, 5.74) is 3.14. The minimum Gasteiger partial charge on any atom is -0.496 e. The van der Waals surface area contributed by atoms with Crippen LogP contribution in [-0.2, 0) is 16.0 Å².